The molecule has 2 N–H and O–H groups in total. The molecule has 0 fully saturated rings. The Kier molecular flexibility index (Phi) is 3.41. The normalized spacial score (nSPS) is 11.2. The van der Waals surface area contributed by atoms with Gasteiger partial charge in [0.1, 0.15) is 5.82 Å². The van der Waals surface area contributed by atoms with Crippen molar-refractivity contribution in [1.29, 1.82) is 0 Å². The van der Waals surface area contributed by atoms with Crippen molar-refractivity contribution in [3.05, 3.63) is 35.4 Å². The van der Waals surface area contributed by atoms with Crippen LogP contribution >= 0.6 is 0 Å². The van der Waals surface area contributed by atoms with E-state index in [2.05, 4.69) is 50.1 Å². The van der Waals surface area contributed by atoms with Crippen molar-refractivity contribution >= 4 is 5.82 Å². The van der Waals surface area contributed by atoms with Gasteiger partial charge in [-0.25, -0.2) is 0 Å². The Labute approximate surface area is 109 Å². The molecule has 0 aliphatic rings. The van der Waals surface area contributed by atoms with Crippen LogP contribution in [0.2, 0.25) is 0 Å². The highest BCUT2D eigenvalue weighted by Crippen LogP contribution is 2.29. The van der Waals surface area contributed by atoms with Crippen LogP contribution in [0.5, 0.6) is 0 Å². The molecule has 0 bridgehead atoms. The Morgan fingerprint density at radius 3 is 2.67 bits per heavy atom. The van der Waals surface area contributed by atoms with E-state index < -0.39 is 0 Å². The molecule has 1 heterocycles. The minimum Gasteiger partial charge on any atom is -0.384 e. The standard InChI is InChI=1S/C15H21N3/c1-10(2)8-13-14(17-18(4)15(13)16)12-7-5-6-11(3)9-12/h5-7,9-10H,8,16H2,1-4H3. The Hall–Kier alpha value is -1.77. The van der Waals surface area contributed by atoms with Crippen molar-refractivity contribution in [2.24, 2.45) is 13.0 Å². The predicted molar refractivity (Wildman–Crippen MR) is 76.3 cm³/mol. The molecule has 18 heavy (non-hydrogen) atoms. The van der Waals surface area contributed by atoms with E-state index in [1.165, 1.54) is 5.56 Å². The van der Waals surface area contributed by atoms with Crippen molar-refractivity contribution in [3.63, 3.8) is 0 Å². The lowest BCUT2D eigenvalue weighted by Crippen LogP contribution is -2.02. The van der Waals surface area contributed by atoms with Gasteiger partial charge in [-0.05, 0) is 25.3 Å². The molecule has 1 aromatic heterocycles. The van der Waals surface area contributed by atoms with Gasteiger partial charge in [0.05, 0.1) is 5.69 Å². The zero-order valence-corrected chi connectivity index (χ0v) is 11.6. The average molecular weight is 243 g/mol. The molecule has 0 aliphatic carbocycles. The first-order valence-electron chi connectivity index (χ1n) is 6.37. The second kappa shape index (κ2) is 4.84. The first-order valence-corrected chi connectivity index (χ1v) is 6.37. The number of nitrogens with two attached hydrogens (primary N) is 1. The second-order valence-electron chi connectivity index (χ2n) is 5.30. The minimum atomic E-state index is 0.569. The van der Waals surface area contributed by atoms with Gasteiger partial charge in [-0.2, -0.15) is 5.10 Å². The van der Waals surface area contributed by atoms with Crippen molar-refractivity contribution in [2.45, 2.75) is 27.2 Å². The lowest BCUT2D eigenvalue weighted by atomic mass is 9.98. The van der Waals surface area contributed by atoms with Crippen LogP contribution in [0, 0.1) is 12.8 Å². The molecule has 96 valence electrons. The quantitative estimate of drug-likeness (QED) is 0.899. The summed E-state index contributed by atoms with van der Waals surface area (Å²) >= 11 is 0. The molecule has 0 aliphatic heterocycles. The molecular weight excluding hydrogens is 222 g/mol. The topological polar surface area (TPSA) is 43.8 Å². The van der Waals surface area contributed by atoms with Crippen LogP contribution in [0.1, 0.15) is 25.0 Å². The Bertz CT molecular complexity index is 553. The molecule has 0 spiro atoms. The van der Waals surface area contributed by atoms with Crippen molar-refractivity contribution < 1.29 is 0 Å². The van der Waals surface area contributed by atoms with Crippen LogP contribution in [0.3, 0.4) is 0 Å². The van der Waals surface area contributed by atoms with Gasteiger partial charge in [0.15, 0.2) is 0 Å². The molecule has 0 unspecified atom stereocenters. The number of nitrogen functional groups attached to an aromatic ring is 1. The van der Waals surface area contributed by atoms with Crippen molar-refractivity contribution in [3.8, 4) is 11.3 Å². The molecule has 1 aromatic carbocycles. The third-order valence-corrected chi connectivity index (χ3v) is 3.10. The number of benzene rings is 1. The Morgan fingerprint density at radius 1 is 1.33 bits per heavy atom. The van der Waals surface area contributed by atoms with E-state index >= 15 is 0 Å². The monoisotopic (exact) mass is 243 g/mol. The van der Waals surface area contributed by atoms with Gasteiger partial charge in [0, 0.05) is 18.2 Å². The maximum atomic E-state index is 6.13. The molecule has 0 atom stereocenters. The van der Waals surface area contributed by atoms with Crippen molar-refractivity contribution in [1.82, 2.24) is 9.78 Å². The highest BCUT2D eigenvalue weighted by atomic mass is 15.3. The zero-order chi connectivity index (χ0) is 13.3. The first-order chi connectivity index (χ1) is 8.49. The van der Waals surface area contributed by atoms with Crippen LogP contribution < -0.4 is 5.73 Å². The third-order valence-electron chi connectivity index (χ3n) is 3.10. The molecule has 2 rings (SSSR count). The maximum absolute atomic E-state index is 6.13. The van der Waals surface area contributed by atoms with Gasteiger partial charge in [-0.15, -0.1) is 0 Å². The van der Waals surface area contributed by atoms with E-state index in [0.29, 0.717) is 5.92 Å². The van der Waals surface area contributed by atoms with Gasteiger partial charge >= 0.3 is 0 Å². The number of aryl methyl sites for hydroxylation is 2. The molecule has 0 saturated carbocycles. The predicted octanol–water partition coefficient (Wildman–Crippen LogP) is 3.18. The van der Waals surface area contributed by atoms with Gasteiger partial charge in [0.25, 0.3) is 0 Å². The van der Waals surface area contributed by atoms with E-state index in [9.17, 15) is 0 Å². The highest BCUT2D eigenvalue weighted by Gasteiger charge is 2.16. The second-order valence-corrected chi connectivity index (χ2v) is 5.30. The average Bonchev–Trinajstić information content (AvgIpc) is 2.57. The molecule has 3 heteroatoms. The molecule has 2 aromatic rings. The van der Waals surface area contributed by atoms with Gasteiger partial charge in [0.2, 0.25) is 0 Å². The number of aromatic nitrogens is 2. The summed E-state index contributed by atoms with van der Waals surface area (Å²) in [5, 5.41) is 4.57. The van der Waals surface area contributed by atoms with Crippen LogP contribution in [-0.4, -0.2) is 9.78 Å². The van der Waals surface area contributed by atoms with Crippen molar-refractivity contribution in [2.75, 3.05) is 5.73 Å². The third kappa shape index (κ3) is 2.40. The van der Waals surface area contributed by atoms with Crippen LogP contribution in [0.25, 0.3) is 11.3 Å². The summed E-state index contributed by atoms with van der Waals surface area (Å²) in [5.41, 5.74) is 10.7. The highest BCUT2D eigenvalue weighted by molar-refractivity contribution is 5.69. The summed E-state index contributed by atoms with van der Waals surface area (Å²) in [6.07, 6.45) is 0.961. The fourth-order valence-corrected chi connectivity index (χ4v) is 2.21. The fraction of sp³-hybridized carbons (Fsp3) is 0.400. The summed E-state index contributed by atoms with van der Waals surface area (Å²) < 4.78 is 1.77. The smallest absolute Gasteiger partial charge is 0.125 e. The summed E-state index contributed by atoms with van der Waals surface area (Å²) in [5.74, 6) is 1.35. The van der Waals surface area contributed by atoms with Crippen LogP contribution in [0.4, 0.5) is 5.82 Å². The minimum absolute atomic E-state index is 0.569. The van der Waals surface area contributed by atoms with Crippen LogP contribution in [-0.2, 0) is 13.5 Å². The van der Waals surface area contributed by atoms with E-state index in [-0.39, 0.29) is 0 Å². The van der Waals surface area contributed by atoms with Gasteiger partial charge < -0.3 is 5.73 Å². The van der Waals surface area contributed by atoms with E-state index in [1.807, 2.05) is 7.05 Å². The van der Waals surface area contributed by atoms with Gasteiger partial charge in [-0.3, -0.25) is 4.68 Å². The number of rotatable bonds is 3. The zero-order valence-electron chi connectivity index (χ0n) is 11.6. The molecule has 3 nitrogen and oxygen atoms in total. The number of hydrogen-bond donors (Lipinski definition) is 1. The summed E-state index contributed by atoms with van der Waals surface area (Å²) in [6.45, 7) is 6.50. The SMILES string of the molecule is Cc1cccc(-c2nn(C)c(N)c2CC(C)C)c1. The molecular formula is C15H21N3. The molecule has 0 radical (unpaired) electrons. The summed E-state index contributed by atoms with van der Waals surface area (Å²) in [4.78, 5) is 0. The largest absolute Gasteiger partial charge is 0.384 e. The Balaban J connectivity index is 2.53. The maximum Gasteiger partial charge on any atom is 0.125 e. The molecule has 0 saturated heterocycles. The van der Waals surface area contributed by atoms with Gasteiger partial charge in [-0.1, -0.05) is 37.6 Å². The summed E-state index contributed by atoms with van der Waals surface area (Å²) in [7, 11) is 1.90. The number of anilines is 1. The lowest BCUT2D eigenvalue weighted by molar-refractivity contribution is 0.648. The van der Waals surface area contributed by atoms with E-state index in [0.717, 1.165) is 29.1 Å². The first kappa shape index (κ1) is 12.7. The van der Waals surface area contributed by atoms with E-state index in [4.69, 9.17) is 5.73 Å². The Morgan fingerprint density at radius 2 is 2.06 bits per heavy atom. The van der Waals surface area contributed by atoms with E-state index in [1.54, 1.807) is 4.68 Å². The molecule has 0 amide bonds. The fourth-order valence-electron chi connectivity index (χ4n) is 2.21. The number of hydrogen-bond acceptors (Lipinski definition) is 2. The summed E-state index contributed by atoms with van der Waals surface area (Å²) in [6, 6.07) is 8.41. The number of nitrogens with zero attached hydrogens (tertiary/aromatic N) is 2. The lowest BCUT2D eigenvalue weighted by Gasteiger charge is -2.07. The van der Waals surface area contributed by atoms with Crippen LogP contribution in [0.15, 0.2) is 24.3 Å².